The number of hydrogen-bond acceptors (Lipinski definition) is 4. The summed E-state index contributed by atoms with van der Waals surface area (Å²) in [5, 5.41) is 10.3. The summed E-state index contributed by atoms with van der Waals surface area (Å²) in [7, 11) is 0. The maximum Gasteiger partial charge on any atom is 0.138 e. The molecule has 2 atom stereocenters. The van der Waals surface area contributed by atoms with Crippen LogP contribution in [0.5, 0.6) is 0 Å². The Hall–Kier alpha value is -1.45. The maximum atomic E-state index is 14.4. The highest BCUT2D eigenvalue weighted by Gasteiger charge is 2.20. The van der Waals surface area contributed by atoms with E-state index >= 15 is 0 Å². The predicted octanol–water partition coefficient (Wildman–Crippen LogP) is 5.36. The van der Waals surface area contributed by atoms with Gasteiger partial charge >= 0.3 is 0 Å². The number of aliphatic hydroxyl groups excluding tert-OH is 1. The molecule has 0 aliphatic carbocycles. The van der Waals surface area contributed by atoms with Crippen LogP contribution in [0, 0.1) is 5.82 Å². The summed E-state index contributed by atoms with van der Waals surface area (Å²) < 4.78 is 31.2. The highest BCUT2D eigenvalue weighted by Crippen LogP contribution is 2.29. The van der Waals surface area contributed by atoms with E-state index in [2.05, 4.69) is 43.4 Å². The highest BCUT2D eigenvalue weighted by atomic mass is 79.9. The summed E-state index contributed by atoms with van der Waals surface area (Å²) >= 11 is 13.2. The van der Waals surface area contributed by atoms with Crippen molar-refractivity contribution in [2.75, 3.05) is 6.54 Å². The monoisotopic (exact) mass is 501 g/mol. The Labute approximate surface area is 186 Å². The fraction of sp³-hybridized carbons (Fsp3) is 0.250. The molecule has 0 aliphatic rings. The second-order valence-electron chi connectivity index (χ2n) is 6.56. The quantitative estimate of drug-likeness (QED) is 0.314. The SMILES string of the molecule is OC(CCNS)C(F)Cc1cc(-c2ncc(-c3ccc(Br)c(F)c3)[nH]2)ccc1Cl. The zero-order chi connectivity index (χ0) is 21.0. The average molecular weight is 503 g/mol. The van der Waals surface area contributed by atoms with Crippen LogP contribution in [-0.4, -0.2) is 33.9 Å². The number of nitrogens with one attached hydrogen (secondary N) is 2. The third kappa shape index (κ3) is 5.58. The lowest BCUT2D eigenvalue weighted by Crippen LogP contribution is -2.27. The molecule has 0 saturated heterocycles. The molecule has 0 bridgehead atoms. The van der Waals surface area contributed by atoms with Crippen LogP contribution in [0.25, 0.3) is 22.6 Å². The van der Waals surface area contributed by atoms with Crippen molar-refractivity contribution in [3.05, 3.63) is 63.5 Å². The van der Waals surface area contributed by atoms with Crippen molar-refractivity contribution in [3.63, 3.8) is 0 Å². The Balaban J connectivity index is 1.81. The molecule has 0 spiro atoms. The number of hydrogen-bond donors (Lipinski definition) is 4. The van der Waals surface area contributed by atoms with E-state index in [4.69, 9.17) is 11.6 Å². The zero-order valence-corrected chi connectivity index (χ0v) is 18.4. The van der Waals surface area contributed by atoms with Gasteiger partial charge in [0, 0.05) is 29.1 Å². The summed E-state index contributed by atoms with van der Waals surface area (Å²) in [6.07, 6.45) is -0.739. The normalized spacial score (nSPS) is 13.4. The number of nitrogens with zero attached hydrogens (tertiary/aromatic N) is 1. The lowest BCUT2D eigenvalue weighted by molar-refractivity contribution is 0.0722. The number of benzene rings is 2. The Morgan fingerprint density at radius 3 is 2.72 bits per heavy atom. The van der Waals surface area contributed by atoms with Gasteiger partial charge in [0.15, 0.2) is 0 Å². The maximum absolute atomic E-state index is 14.4. The van der Waals surface area contributed by atoms with Crippen LogP contribution in [0.4, 0.5) is 8.78 Å². The van der Waals surface area contributed by atoms with Crippen molar-refractivity contribution in [3.8, 4) is 22.6 Å². The molecule has 0 saturated carbocycles. The molecule has 1 aromatic heterocycles. The number of imidazole rings is 1. The molecular formula is C20H19BrClF2N3OS. The molecule has 3 aromatic rings. The van der Waals surface area contributed by atoms with Gasteiger partial charge in [-0.2, -0.15) is 0 Å². The number of aromatic amines is 1. The summed E-state index contributed by atoms with van der Waals surface area (Å²) in [4.78, 5) is 7.49. The molecule has 3 rings (SSSR count). The molecule has 154 valence electrons. The lowest BCUT2D eigenvalue weighted by atomic mass is 10.0. The van der Waals surface area contributed by atoms with E-state index in [0.29, 0.717) is 44.2 Å². The number of halogens is 4. The topological polar surface area (TPSA) is 60.9 Å². The van der Waals surface area contributed by atoms with Crippen LogP contribution in [0.3, 0.4) is 0 Å². The van der Waals surface area contributed by atoms with Crippen molar-refractivity contribution in [2.24, 2.45) is 0 Å². The van der Waals surface area contributed by atoms with Crippen LogP contribution in [-0.2, 0) is 6.42 Å². The second kappa shape index (κ2) is 10.0. The minimum atomic E-state index is -1.46. The highest BCUT2D eigenvalue weighted by molar-refractivity contribution is 9.10. The molecule has 1 heterocycles. The lowest BCUT2D eigenvalue weighted by Gasteiger charge is -2.16. The Morgan fingerprint density at radius 2 is 2.00 bits per heavy atom. The van der Waals surface area contributed by atoms with Gasteiger partial charge in [-0.1, -0.05) is 30.5 Å². The predicted molar refractivity (Wildman–Crippen MR) is 118 cm³/mol. The molecular weight excluding hydrogens is 484 g/mol. The van der Waals surface area contributed by atoms with E-state index in [0.717, 1.165) is 0 Å². The average Bonchev–Trinajstić information content (AvgIpc) is 3.20. The van der Waals surface area contributed by atoms with E-state index < -0.39 is 12.3 Å². The van der Waals surface area contributed by atoms with Gasteiger partial charge in [0.1, 0.15) is 17.8 Å². The molecule has 29 heavy (non-hydrogen) atoms. The molecule has 0 fully saturated rings. The van der Waals surface area contributed by atoms with Gasteiger partial charge < -0.3 is 10.1 Å². The molecule has 0 amide bonds. The van der Waals surface area contributed by atoms with Crippen molar-refractivity contribution < 1.29 is 13.9 Å². The fourth-order valence-corrected chi connectivity index (χ4v) is 3.47. The van der Waals surface area contributed by atoms with E-state index in [1.54, 1.807) is 36.5 Å². The fourth-order valence-electron chi connectivity index (χ4n) is 2.90. The summed E-state index contributed by atoms with van der Waals surface area (Å²) in [5.74, 6) is 0.185. The van der Waals surface area contributed by atoms with E-state index in [1.807, 2.05) is 0 Å². The number of thiol groups is 1. The van der Waals surface area contributed by atoms with E-state index in [-0.39, 0.29) is 18.7 Å². The first kappa shape index (κ1) is 22.2. The van der Waals surface area contributed by atoms with Gasteiger partial charge in [0.25, 0.3) is 0 Å². The van der Waals surface area contributed by atoms with Gasteiger partial charge in [-0.3, -0.25) is 4.72 Å². The first-order chi connectivity index (χ1) is 13.9. The van der Waals surface area contributed by atoms with Crippen LogP contribution < -0.4 is 4.72 Å². The van der Waals surface area contributed by atoms with E-state index in [1.165, 1.54) is 6.07 Å². The number of aromatic nitrogens is 2. The standard InChI is InChI=1S/C20H19BrClF2N3OS/c21-14-3-1-11(8-16(14)23)18-10-25-20(27-18)12-2-4-15(22)13(7-12)9-17(24)19(28)5-6-26-29/h1-4,7-8,10,17,19,26,28-29H,5-6,9H2,(H,25,27). The first-order valence-corrected chi connectivity index (χ1v) is 10.5. The molecule has 9 heteroatoms. The zero-order valence-electron chi connectivity index (χ0n) is 15.2. The van der Waals surface area contributed by atoms with Crippen molar-refractivity contribution in [1.29, 1.82) is 0 Å². The number of rotatable bonds is 8. The molecule has 4 nitrogen and oxygen atoms in total. The molecule has 2 unspecified atom stereocenters. The van der Waals surface area contributed by atoms with Crippen LogP contribution in [0.15, 0.2) is 47.1 Å². The largest absolute Gasteiger partial charge is 0.390 e. The van der Waals surface area contributed by atoms with Crippen LogP contribution in [0.1, 0.15) is 12.0 Å². The molecule has 0 aliphatic heterocycles. The van der Waals surface area contributed by atoms with E-state index in [9.17, 15) is 13.9 Å². The number of H-pyrrole nitrogens is 1. The summed E-state index contributed by atoms with van der Waals surface area (Å²) in [5.41, 5.74) is 2.60. The van der Waals surface area contributed by atoms with Gasteiger partial charge in [-0.15, -0.1) is 0 Å². The molecule has 0 radical (unpaired) electrons. The summed E-state index contributed by atoms with van der Waals surface area (Å²) in [6.45, 7) is 0.393. The minimum absolute atomic E-state index is 0.0219. The van der Waals surface area contributed by atoms with Crippen molar-refractivity contribution in [1.82, 2.24) is 14.7 Å². The van der Waals surface area contributed by atoms with Gasteiger partial charge in [0.05, 0.1) is 22.5 Å². The minimum Gasteiger partial charge on any atom is -0.390 e. The third-order valence-corrected chi connectivity index (χ3v) is 5.75. The van der Waals surface area contributed by atoms with Gasteiger partial charge in [-0.25, -0.2) is 13.8 Å². The Morgan fingerprint density at radius 1 is 1.24 bits per heavy atom. The Kier molecular flexibility index (Phi) is 7.70. The van der Waals surface area contributed by atoms with Crippen molar-refractivity contribution in [2.45, 2.75) is 25.1 Å². The second-order valence-corrected chi connectivity index (χ2v) is 8.14. The Bertz CT molecular complexity index is 988. The van der Waals surface area contributed by atoms with Gasteiger partial charge in [0.2, 0.25) is 0 Å². The van der Waals surface area contributed by atoms with Gasteiger partial charge in [-0.05, 0) is 58.2 Å². The first-order valence-electron chi connectivity index (χ1n) is 8.87. The molecule has 3 N–H and O–H groups in total. The van der Waals surface area contributed by atoms with Crippen LogP contribution >= 0.6 is 40.3 Å². The number of aliphatic hydroxyl groups is 1. The number of alkyl halides is 1. The summed E-state index contributed by atoms with van der Waals surface area (Å²) in [6, 6.07) is 9.98. The molecule has 2 aromatic carbocycles. The van der Waals surface area contributed by atoms with Crippen LogP contribution in [0.2, 0.25) is 5.02 Å². The van der Waals surface area contributed by atoms with Crippen molar-refractivity contribution >= 4 is 40.3 Å². The smallest absolute Gasteiger partial charge is 0.138 e. The third-order valence-electron chi connectivity index (χ3n) is 4.51.